The number of hydrogen-bond donors (Lipinski definition) is 3. The van der Waals surface area contributed by atoms with Crippen molar-refractivity contribution in [1.82, 2.24) is 15.5 Å². The first-order chi connectivity index (χ1) is 8.08. The summed E-state index contributed by atoms with van der Waals surface area (Å²) in [5.41, 5.74) is 5.61. The van der Waals surface area contributed by atoms with E-state index in [2.05, 4.69) is 29.4 Å². The fraction of sp³-hybridized carbons (Fsp3) is 0.917. The second-order valence-electron chi connectivity index (χ2n) is 4.99. The highest BCUT2D eigenvalue weighted by Crippen LogP contribution is 2.14. The average Bonchev–Trinajstić information content (AvgIpc) is 2.76. The minimum atomic E-state index is -0.0168. The van der Waals surface area contributed by atoms with Gasteiger partial charge in [0.25, 0.3) is 0 Å². The summed E-state index contributed by atoms with van der Waals surface area (Å²) in [4.78, 5) is 13.9. The lowest BCUT2D eigenvalue weighted by Crippen LogP contribution is -2.47. The molecule has 1 saturated heterocycles. The van der Waals surface area contributed by atoms with Crippen LogP contribution in [0.25, 0.3) is 0 Å². The summed E-state index contributed by atoms with van der Waals surface area (Å²) in [6.07, 6.45) is 1.99. The van der Waals surface area contributed by atoms with E-state index in [1.165, 1.54) is 0 Å². The van der Waals surface area contributed by atoms with Gasteiger partial charge >= 0.3 is 0 Å². The highest BCUT2D eigenvalue weighted by molar-refractivity contribution is 5.81. The van der Waals surface area contributed by atoms with Gasteiger partial charge in [-0.1, -0.05) is 0 Å². The standard InChI is InChI=1S/C12H26N4O/c1-9(2)16(7-6-13)8-10-4-5-11(15-10)12(17)14-3/h9-11,15H,4-8,13H2,1-3H3,(H,14,17). The molecule has 1 fully saturated rings. The van der Waals surface area contributed by atoms with Crippen LogP contribution in [0.1, 0.15) is 26.7 Å². The van der Waals surface area contributed by atoms with Crippen LogP contribution in [-0.2, 0) is 4.79 Å². The van der Waals surface area contributed by atoms with Gasteiger partial charge in [0.05, 0.1) is 6.04 Å². The molecular formula is C12H26N4O. The van der Waals surface area contributed by atoms with Crippen molar-refractivity contribution >= 4 is 5.91 Å². The van der Waals surface area contributed by atoms with Crippen molar-refractivity contribution in [1.29, 1.82) is 0 Å². The van der Waals surface area contributed by atoms with Gasteiger partial charge in [-0.15, -0.1) is 0 Å². The Hall–Kier alpha value is -0.650. The third-order valence-corrected chi connectivity index (χ3v) is 3.41. The van der Waals surface area contributed by atoms with Crippen molar-refractivity contribution in [3.8, 4) is 0 Å². The summed E-state index contributed by atoms with van der Waals surface area (Å²) in [5.74, 6) is 0.0995. The molecule has 4 N–H and O–H groups in total. The first-order valence-electron chi connectivity index (χ1n) is 6.50. The number of amides is 1. The van der Waals surface area contributed by atoms with E-state index < -0.39 is 0 Å². The fourth-order valence-corrected chi connectivity index (χ4v) is 2.35. The zero-order valence-electron chi connectivity index (χ0n) is 11.2. The lowest BCUT2D eigenvalue weighted by molar-refractivity contribution is -0.122. The van der Waals surface area contributed by atoms with Gasteiger partial charge in [-0.25, -0.2) is 0 Å². The Morgan fingerprint density at radius 1 is 1.53 bits per heavy atom. The van der Waals surface area contributed by atoms with E-state index in [9.17, 15) is 4.79 Å². The van der Waals surface area contributed by atoms with Crippen LogP contribution < -0.4 is 16.4 Å². The fourth-order valence-electron chi connectivity index (χ4n) is 2.35. The molecule has 0 spiro atoms. The van der Waals surface area contributed by atoms with E-state index in [0.29, 0.717) is 18.6 Å². The maximum absolute atomic E-state index is 11.5. The lowest BCUT2D eigenvalue weighted by atomic mass is 10.1. The average molecular weight is 242 g/mol. The van der Waals surface area contributed by atoms with Crippen LogP contribution in [0.3, 0.4) is 0 Å². The van der Waals surface area contributed by atoms with E-state index in [4.69, 9.17) is 5.73 Å². The van der Waals surface area contributed by atoms with Crippen molar-refractivity contribution in [3.05, 3.63) is 0 Å². The molecule has 0 bridgehead atoms. The lowest BCUT2D eigenvalue weighted by Gasteiger charge is -2.29. The number of hydrogen-bond acceptors (Lipinski definition) is 4. The Morgan fingerprint density at radius 2 is 2.24 bits per heavy atom. The molecule has 5 heteroatoms. The molecule has 100 valence electrons. The monoisotopic (exact) mass is 242 g/mol. The van der Waals surface area contributed by atoms with Crippen LogP contribution in [0.4, 0.5) is 0 Å². The molecule has 1 heterocycles. The van der Waals surface area contributed by atoms with Crippen LogP contribution in [0, 0.1) is 0 Å². The number of carbonyl (C=O) groups is 1. The predicted molar refractivity (Wildman–Crippen MR) is 69.8 cm³/mol. The molecule has 5 nitrogen and oxygen atoms in total. The third-order valence-electron chi connectivity index (χ3n) is 3.41. The van der Waals surface area contributed by atoms with Gasteiger partial charge in [-0.3, -0.25) is 9.69 Å². The summed E-state index contributed by atoms with van der Waals surface area (Å²) in [7, 11) is 1.69. The van der Waals surface area contributed by atoms with Crippen molar-refractivity contribution in [3.63, 3.8) is 0 Å². The highest BCUT2D eigenvalue weighted by Gasteiger charge is 2.29. The number of likely N-dealkylation sites (N-methyl/N-ethyl adjacent to an activating group) is 1. The van der Waals surface area contributed by atoms with Crippen LogP contribution in [0.2, 0.25) is 0 Å². The molecule has 0 aliphatic carbocycles. The van der Waals surface area contributed by atoms with Crippen molar-refractivity contribution in [2.75, 3.05) is 26.7 Å². The smallest absolute Gasteiger partial charge is 0.236 e. The van der Waals surface area contributed by atoms with Gasteiger partial charge in [0.15, 0.2) is 0 Å². The number of nitrogens with zero attached hydrogens (tertiary/aromatic N) is 1. The molecule has 0 saturated carbocycles. The van der Waals surface area contributed by atoms with E-state index in [1.807, 2.05) is 0 Å². The maximum Gasteiger partial charge on any atom is 0.236 e. The van der Waals surface area contributed by atoms with Gasteiger partial charge in [0, 0.05) is 38.8 Å². The van der Waals surface area contributed by atoms with Crippen molar-refractivity contribution < 1.29 is 4.79 Å². The zero-order chi connectivity index (χ0) is 12.8. The van der Waals surface area contributed by atoms with Crippen LogP contribution in [-0.4, -0.2) is 55.6 Å². The Labute approximate surface area is 104 Å². The first-order valence-corrected chi connectivity index (χ1v) is 6.50. The number of nitrogens with two attached hydrogens (primary N) is 1. The first kappa shape index (κ1) is 14.4. The Morgan fingerprint density at radius 3 is 2.76 bits per heavy atom. The molecule has 0 aromatic carbocycles. The molecule has 0 aromatic rings. The van der Waals surface area contributed by atoms with E-state index in [0.717, 1.165) is 25.9 Å². The van der Waals surface area contributed by atoms with Gasteiger partial charge in [0.2, 0.25) is 5.91 Å². The highest BCUT2D eigenvalue weighted by atomic mass is 16.2. The van der Waals surface area contributed by atoms with Crippen LogP contribution in [0.15, 0.2) is 0 Å². The number of carbonyl (C=O) groups excluding carboxylic acids is 1. The van der Waals surface area contributed by atoms with Gasteiger partial charge in [0.1, 0.15) is 0 Å². The predicted octanol–water partition coefficient (Wildman–Crippen LogP) is -0.478. The van der Waals surface area contributed by atoms with Crippen molar-refractivity contribution in [2.45, 2.75) is 44.8 Å². The molecule has 2 unspecified atom stereocenters. The topological polar surface area (TPSA) is 70.4 Å². The quantitative estimate of drug-likeness (QED) is 0.588. The Bertz CT molecular complexity index is 245. The molecule has 1 rings (SSSR count). The molecule has 1 aliphatic heterocycles. The number of nitrogens with one attached hydrogen (secondary N) is 2. The minimum absolute atomic E-state index is 0.0168. The second kappa shape index (κ2) is 6.93. The van der Waals surface area contributed by atoms with Crippen molar-refractivity contribution in [2.24, 2.45) is 5.73 Å². The molecule has 17 heavy (non-hydrogen) atoms. The summed E-state index contributed by atoms with van der Waals surface area (Å²) in [5, 5.41) is 6.08. The van der Waals surface area contributed by atoms with E-state index in [1.54, 1.807) is 7.05 Å². The normalized spacial score (nSPS) is 24.6. The number of rotatable bonds is 6. The largest absolute Gasteiger partial charge is 0.358 e. The SMILES string of the molecule is CNC(=O)C1CCC(CN(CCN)C(C)C)N1. The van der Waals surface area contributed by atoms with Gasteiger partial charge in [-0.2, -0.15) is 0 Å². The molecule has 0 aromatic heterocycles. The molecule has 1 amide bonds. The third kappa shape index (κ3) is 4.26. The molecule has 1 aliphatic rings. The summed E-state index contributed by atoms with van der Waals surface area (Å²) in [6, 6.07) is 0.891. The summed E-state index contributed by atoms with van der Waals surface area (Å²) in [6.45, 7) is 6.94. The van der Waals surface area contributed by atoms with E-state index in [-0.39, 0.29) is 11.9 Å². The molecule has 0 radical (unpaired) electrons. The van der Waals surface area contributed by atoms with E-state index >= 15 is 0 Å². The minimum Gasteiger partial charge on any atom is -0.358 e. The maximum atomic E-state index is 11.5. The van der Waals surface area contributed by atoms with Gasteiger partial charge in [-0.05, 0) is 26.7 Å². The van der Waals surface area contributed by atoms with Gasteiger partial charge < -0.3 is 16.4 Å². The molecule has 2 atom stereocenters. The van der Waals surface area contributed by atoms with Crippen LogP contribution >= 0.6 is 0 Å². The summed E-state index contributed by atoms with van der Waals surface area (Å²) >= 11 is 0. The zero-order valence-corrected chi connectivity index (χ0v) is 11.2. The molecular weight excluding hydrogens is 216 g/mol. The van der Waals surface area contributed by atoms with Crippen LogP contribution in [0.5, 0.6) is 0 Å². The summed E-state index contributed by atoms with van der Waals surface area (Å²) < 4.78 is 0. The Kier molecular flexibility index (Phi) is 5.88. The second-order valence-corrected chi connectivity index (χ2v) is 4.99. The Balaban J connectivity index is 2.40.